The number of halogens is 3. The van der Waals surface area contributed by atoms with Crippen LogP contribution in [0.2, 0.25) is 0 Å². The number of nitrogens with one attached hydrogen (secondary N) is 1. The summed E-state index contributed by atoms with van der Waals surface area (Å²) in [5.41, 5.74) is 0.926. The SMILES string of the molecule is CC(C)CC(=O)NCc1cc(-c2nn(CC(O)CN3CCC(N4CC(O)CC4=O)CC3)c3c2CN(S(C)(=O)=O)CC3)ccc1C(F)(F)F. The number of hydrogen-bond acceptors (Lipinski definition) is 8. The van der Waals surface area contributed by atoms with Crippen molar-refractivity contribution in [2.75, 3.05) is 39.0 Å². The molecule has 0 aliphatic carbocycles. The zero-order valence-corrected chi connectivity index (χ0v) is 28.4. The number of rotatable bonds is 11. The van der Waals surface area contributed by atoms with Gasteiger partial charge in [-0.1, -0.05) is 19.9 Å². The topological polar surface area (TPSA) is 148 Å². The van der Waals surface area contributed by atoms with Gasteiger partial charge in [0.2, 0.25) is 21.8 Å². The van der Waals surface area contributed by atoms with Gasteiger partial charge in [-0.25, -0.2) is 8.42 Å². The molecule has 2 aromatic rings. The summed E-state index contributed by atoms with van der Waals surface area (Å²) in [6.45, 7) is 5.63. The minimum absolute atomic E-state index is 0.0154. The van der Waals surface area contributed by atoms with Crippen LogP contribution in [0.25, 0.3) is 11.3 Å². The van der Waals surface area contributed by atoms with Crippen molar-refractivity contribution in [2.24, 2.45) is 5.92 Å². The minimum atomic E-state index is -4.66. The molecule has 2 saturated heterocycles. The van der Waals surface area contributed by atoms with Crippen LogP contribution in [0.15, 0.2) is 18.2 Å². The maximum absolute atomic E-state index is 14.0. The Bertz CT molecular complexity index is 1610. The number of aromatic nitrogens is 2. The highest BCUT2D eigenvalue weighted by atomic mass is 32.2. The van der Waals surface area contributed by atoms with Gasteiger partial charge in [-0.05, 0) is 36.5 Å². The van der Waals surface area contributed by atoms with Crippen molar-refractivity contribution in [3.63, 3.8) is 0 Å². The van der Waals surface area contributed by atoms with Crippen molar-refractivity contribution < 1.29 is 41.4 Å². The number of β-amino-alcohol motifs (C(OH)–C–C–N with tert-alkyl or cyclic N) is 2. The highest BCUT2D eigenvalue weighted by Gasteiger charge is 2.37. The lowest BCUT2D eigenvalue weighted by atomic mass is 9.97. The molecule has 12 nitrogen and oxygen atoms in total. The number of aliphatic hydroxyl groups excluding tert-OH is 2. The van der Waals surface area contributed by atoms with Gasteiger partial charge in [-0.2, -0.15) is 22.6 Å². The van der Waals surface area contributed by atoms with Gasteiger partial charge >= 0.3 is 6.18 Å². The van der Waals surface area contributed by atoms with Crippen LogP contribution in [-0.4, -0.2) is 112 Å². The number of sulfonamides is 1. The van der Waals surface area contributed by atoms with Gasteiger partial charge in [0.25, 0.3) is 0 Å². The largest absolute Gasteiger partial charge is 0.416 e. The number of likely N-dealkylation sites (tertiary alicyclic amines) is 2. The van der Waals surface area contributed by atoms with E-state index in [0.717, 1.165) is 25.2 Å². The fourth-order valence-electron chi connectivity index (χ4n) is 6.97. The highest BCUT2D eigenvalue weighted by Crippen LogP contribution is 2.37. The van der Waals surface area contributed by atoms with E-state index >= 15 is 0 Å². The second kappa shape index (κ2) is 14.4. The number of nitrogens with zero attached hydrogens (tertiary/aromatic N) is 5. The van der Waals surface area contributed by atoms with Crippen LogP contribution < -0.4 is 5.32 Å². The van der Waals surface area contributed by atoms with Crippen molar-refractivity contribution in [3.05, 3.63) is 40.6 Å². The fraction of sp³-hybridized carbons (Fsp3) is 0.656. The van der Waals surface area contributed by atoms with Crippen LogP contribution in [0.4, 0.5) is 13.2 Å². The van der Waals surface area contributed by atoms with Crippen LogP contribution in [-0.2, 0) is 51.8 Å². The minimum Gasteiger partial charge on any atom is -0.391 e. The summed E-state index contributed by atoms with van der Waals surface area (Å²) in [4.78, 5) is 28.4. The molecule has 1 aromatic carbocycles. The smallest absolute Gasteiger partial charge is 0.391 e. The summed E-state index contributed by atoms with van der Waals surface area (Å²) >= 11 is 0. The number of benzene rings is 1. The maximum Gasteiger partial charge on any atom is 0.416 e. The van der Waals surface area contributed by atoms with Crippen LogP contribution in [0.3, 0.4) is 0 Å². The number of alkyl halides is 3. The van der Waals surface area contributed by atoms with E-state index in [1.54, 1.807) is 9.58 Å². The molecule has 0 radical (unpaired) electrons. The van der Waals surface area contributed by atoms with Crippen molar-refractivity contribution in [3.8, 4) is 11.3 Å². The van der Waals surface area contributed by atoms with E-state index in [1.165, 1.54) is 16.4 Å². The second-order valence-electron chi connectivity index (χ2n) is 13.6. The zero-order chi connectivity index (χ0) is 35.0. The standard InChI is InChI=1S/C32H45F3N6O6S/c1-20(2)12-29(44)36-15-22-13-21(4-5-27(22)32(33,34)35)31-26-19-39(48(3,46)47)11-8-28(26)41(37-31)18-25(43)16-38-9-6-23(7-10-38)40-17-24(42)14-30(40)45/h4-5,13,20,23-25,42-43H,6-12,14-19H2,1-3H3,(H,36,44). The normalized spacial score (nSPS) is 20.8. The Morgan fingerprint density at radius 3 is 2.46 bits per heavy atom. The average molecular weight is 699 g/mol. The summed E-state index contributed by atoms with van der Waals surface area (Å²) in [6.07, 6.45) is -2.95. The van der Waals surface area contributed by atoms with E-state index in [0.29, 0.717) is 55.1 Å². The van der Waals surface area contributed by atoms with Crippen molar-refractivity contribution >= 4 is 21.8 Å². The molecule has 48 heavy (non-hydrogen) atoms. The maximum atomic E-state index is 14.0. The van der Waals surface area contributed by atoms with Crippen molar-refractivity contribution in [1.82, 2.24) is 29.2 Å². The number of amides is 2. The number of hydrogen-bond donors (Lipinski definition) is 3. The number of piperidine rings is 1. The van der Waals surface area contributed by atoms with Gasteiger partial charge in [-0.15, -0.1) is 0 Å². The van der Waals surface area contributed by atoms with E-state index in [2.05, 4.69) is 10.2 Å². The van der Waals surface area contributed by atoms with E-state index in [1.807, 2.05) is 13.8 Å². The van der Waals surface area contributed by atoms with Gasteiger partial charge in [0, 0.05) is 81.5 Å². The summed E-state index contributed by atoms with van der Waals surface area (Å²) in [7, 11) is -3.57. The van der Waals surface area contributed by atoms with E-state index < -0.39 is 34.0 Å². The van der Waals surface area contributed by atoms with Gasteiger partial charge < -0.3 is 25.3 Å². The average Bonchev–Trinajstić information content (AvgIpc) is 3.53. The molecule has 3 aliphatic rings. The highest BCUT2D eigenvalue weighted by molar-refractivity contribution is 7.88. The first kappa shape index (κ1) is 36.2. The van der Waals surface area contributed by atoms with Gasteiger partial charge in [0.05, 0.1) is 42.7 Å². The Kier molecular flexibility index (Phi) is 10.9. The van der Waals surface area contributed by atoms with Crippen LogP contribution in [0, 0.1) is 5.92 Å². The molecule has 5 rings (SSSR count). The third kappa shape index (κ3) is 8.56. The quantitative estimate of drug-likeness (QED) is 0.323. The molecule has 0 bridgehead atoms. The Morgan fingerprint density at radius 2 is 1.85 bits per heavy atom. The number of fused-ring (bicyclic) bond motifs is 1. The molecular weight excluding hydrogens is 653 g/mol. The first-order valence-electron chi connectivity index (χ1n) is 16.4. The van der Waals surface area contributed by atoms with Gasteiger partial charge in [-0.3, -0.25) is 14.3 Å². The first-order chi connectivity index (χ1) is 22.5. The Morgan fingerprint density at radius 1 is 1.15 bits per heavy atom. The number of carbonyl (C=O) groups excluding carboxylic acids is 2. The third-order valence-electron chi connectivity index (χ3n) is 9.31. The molecule has 3 aliphatic heterocycles. The lowest BCUT2D eigenvalue weighted by Gasteiger charge is -2.37. The van der Waals surface area contributed by atoms with E-state index in [9.17, 15) is 41.4 Å². The third-order valence-corrected chi connectivity index (χ3v) is 10.6. The Labute approximate surface area is 278 Å². The fourth-order valence-corrected chi connectivity index (χ4v) is 7.75. The summed E-state index contributed by atoms with van der Waals surface area (Å²) in [5, 5.41) is 28.3. The lowest BCUT2D eigenvalue weighted by molar-refractivity contribution is -0.138. The monoisotopic (exact) mass is 698 g/mol. The molecule has 266 valence electrons. The molecule has 2 amide bonds. The van der Waals surface area contributed by atoms with E-state index in [-0.39, 0.29) is 68.4 Å². The Balaban J connectivity index is 1.37. The van der Waals surface area contributed by atoms with Crippen LogP contribution in [0.1, 0.15) is 61.9 Å². The summed E-state index contributed by atoms with van der Waals surface area (Å²) in [5.74, 6) is -0.370. The van der Waals surface area contributed by atoms with Crippen molar-refractivity contribution in [2.45, 2.75) is 90.0 Å². The Hall–Kier alpha value is -3.05. The predicted octanol–water partition coefficient (Wildman–Crippen LogP) is 1.97. The molecule has 2 atom stereocenters. The molecule has 16 heteroatoms. The number of aliphatic hydroxyl groups is 2. The van der Waals surface area contributed by atoms with Gasteiger partial charge in [0.15, 0.2) is 0 Å². The lowest BCUT2D eigenvalue weighted by Crippen LogP contribution is -2.47. The molecule has 0 spiro atoms. The summed E-state index contributed by atoms with van der Waals surface area (Å²) in [6, 6.07) is 3.66. The first-order valence-corrected chi connectivity index (χ1v) is 18.2. The van der Waals surface area contributed by atoms with Crippen LogP contribution >= 0.6 is 0 Å². The molecule has 2 unspecified atom stereocenters. The second-order valence-corrected chi connectivity index (χ2v) is 15.6. The molecule has 3 N–H and O–H groups in total. The number of carbonyl (C=O) groups is 2. The molecule has 1 aromatic heterocycles. The molecular formula is C32H45F3N6O6S. The van der Waals surface area contributed by atoms with Gasteiger partial charge in [0.1, 0.15) is 0 Å². The summed E-state index contributed by atoms with van der Waals surface area (Å²) < 4.78 is 69.8. The van der Waals surface area contributed by atoms with Crippen LogP contribution in [0.5, 0.6) is 0 Å². The predicted molar refractivity (Wildman–Crippen MR) is 171 cm³/mol. The van der Waals surface area contributed by atoms with E-state index in [4.69, 9.17) is 5.10 Å². The molecule has 4 heterocycles. The molecule has 0 saturated carbocycles. The zero-order valence-electron chi connectivity index (χ0n) is 27.5. The van der Waals surface area contributed by atoms with Crippen molar-refractivity contribution in [1.29, 1.82) is 0 Å². The molecule has 2 fully saturated rings.